The van der Waals surface area contributed by atoms with Gasteiger partial charge in [-0.2, -0.15) is 0 Å². The molecule has 1 aromatic carbocycles. The van der Waals surface area contributed by atoms with Gasteiger partial charge in [0.15, 0.2) is 5.11 Å². The van der Waals surface area contributed by atoms with Crippen molar-refractivity contribution in [2.45, 2.75) is 12.1 Å². The molecule has 0 saturated carbocycles. The number of pyridine rings is 1. The van der Waals surface area contributed by atoms with E-state index in [0.29, 0.717) is 5.11 Å². The van der Waals surface area contributed by atoms with Crippen molar-refractivity contribution in [1.82, 2.24) is 14.9 Å². The van der Waals surface area contributed by atoms with Gasteiger partial charge in [-0.1, -0.05) is 6.07 Å². The average molecular weight is 364 g/mol. The van der Waals surface area contributed by atoms with Crippen molar-refractivity contribution in [2.24, 2.45) is 7.05 Å². The summed E-state index contributed by atoms with van der Waals surface area (Å²) in [5.74, 6) is 0.823. The van der Waals surface area contributed by atoms with Gasteiger partial charge in [0.05, 0.1) is 24.9 Å². The number of hydrogen-bond donors (Lipinski definition) is 1. The van der Waals surface area contributed by atoms with Gasteiger partial charge in [-0.3, -0.25) is 4.98 Å². The Morgan fingerprint density at radius 3 is 2.54 bits per heavy atom. The molecule has 2 atom stereocenters. The first kappa shape index (κ1) is 16.6. The summed E-state index contributed by atoms with van der Waals surface area (Å²) in [6.07, 6.45) is 6.00. The Balaban J connectivity index is 1.79. The second-order valence-electron chi connectivity index (χ2n) is 6.30. The third-order valence-electron chi connectivity index (χ3n) is 4.65. The number of benzene rings is 1. The molecule has 0 radical (unpaired) electrons. The van der Waals surface area contributed by atoms with Crippen molar-refractivity contribution >= 4 is 23.0 Å². The Labute approximate surface area is 158 Å². The molecule has 132 valence electrons. The second-order valence-corrected chi connectivity index (χ2v) is 6.69. The fraction of sp³-hybridized carbons (Fsp3) is 0.200. The van der Waals surface area contributed by atoms with Crippen LogP contribution in [0.2, 0.25) is 0 Å². The summed E-state index contributed by atoms with van der Waals surface area (Å²) in [5, 5.41) is 4.15. The molecule has 1 aliphatic rings. The number of nitrogens with one attached hydrogen (secondary N) is 1. The number of aryl methyl sites for hydroxylation is 1. The van der Waals surface area contributed by atoms with Gasteiger partial charge in [-0.05, 0) is 60.2 Å². The van der Waals surface area contributed by atoms with Crippen LogP contribution in [0.25, 0.3) is 0 Å². The number of anilines is 1. The number of thiocarbonyl (C=S) groups is 1. The third kappa shape index (κ3) is 2.93. The zero-order chi connectivity index (χ0) is 18.1. The van der Waals surface area contributed by atoms with E-state index in [1.165, 1.54) is 5.56 Å². The van der Waals surface area contributed by atoms with E-state index in [9.17, 15) is 0 Å². The molecule has 2 aromatic heterocycles. The van der Waals surface area contributed by atoms with Gasteiger partial charge in [0.25, 0.3) is 0 Å². The zero-order valence-corrected chi connectivity index (χ0v) is 15.5. The van der Waals surface area contributed by atoms with E-state index < -0.39 is 0 Å². The van der Waals surface area contributed by atoms with Gasteiger partial charge >= 0.3 is 0 Å². The summed E-state index contributed by atoms with van der Waals surface area (Å²) in [6, 6.07) is 16.1. The topological polar surface area (TPSA) is 42.3 Å². The summed E-state index contributed by atoms with van der Waals surface area (Å²) >= 11 is 5.69. The number of rotatable bonds is 4. The van der Waals surface area contributed by atoms with Crippen LogP contribution in [0.1, 0.15) is 23.3 Å². The molecule has 1 fully saturated rings. The molecule has 3 heterocycles. The molecule has 0 bridgehead atoms. The monoisotopic (exact) mass is 364 g/mol. The van der Waals surface area contributed by atoms with Gasteiger partial charge in [-0.25, -0.2) is 0 Å². The molecule has 26 heavy (non-hydrogen) atoms. The van der Waals surface area contributed by atoms with Crippen LogP contribution < -0.4 is 15.0 Å². The Hall–Kier alpha value is -2.86. The van der Waals surface area contributed by atoms with Crippen molar-refractivity contribution in [2.75, 3.05) is 12.0 Å². The van der Waals surface area contributed by atoms with Crippen molar-refractivity contribution in [1.29, 1.82) is 0 Å². The van der Waals surface area contributed by atoms with Crippen LogP contribution in [0.4, 0.5) is 5.69 Å². The maximum absolute atomic E-state index is 5.69. The maximum Gasteiger partial charge on any atom is 0.174 e. The minimum absolute atomic E-state index is 0.0202. The first-order chi connectivity index (χ1) is 12.7. The van der Waals surface area contributed by atoms with Crippen LogP contribution in [0.3, 0.4) is 0 Å². The molecule has 0 spiro atoms. The smallest absolute Gasteiger partial charge is 0.174 e. The highest BCUT2D eigenvalue weighted by molar-refractivity contribution is 7.80. The molecule has 0 aliphatic carbocycles. The van der Waals surface area contributed by atoms with E-state index in [1.54, 1.807) is 7.11 Å². The molecule has 0 unspecified atom stereocenters. The van der Waals surface area contributed by atoms with E-state index in [1.807, 2.05) is 55.7 Å². The Kier molecular flexibility index (Phi) is 4.34. The number of aromatic nitrogens is 2. The van der Waals surface area contributed by atoms with Crippen LogP contribution in [-0.4, -0.2) is 21.8 Å². The molecule has 6 heteroatoms. The quantitative estimate of drug-likeness (QED) is 0.717. The van der Waals surface area contributed by atoms with E-state index in [2.05, 4.69) is 38.2 Å². The van der Waals surface area contributed by atoms with E-state index in [-0.39, 0.29) is 12.1 Å². The lowest BCUT2D eigenvalue weighted by Crippen LogP contribution is -2.29. The summed E-state index contributed by atoms with van der Waals surface area (Å²) in [5.41, 5.74) is 3.18. The summed E-state index contributed by atoms with van der Waals surface area (Å²) in [7, 11) is 3.69. The average Bonchev–Trinajstić information content (AvgIpc) is 3.25. The van der Waals surface area contributed by atoms with E-state index in [4.69, 9.17) is 17.0 Å². The summed E-state index contributed by atoms with van der Waals surface area (Å²) < 4.78 is 7.34. The lowest BCUT2D eigenvalue weighted by Gasteiger charge is -2.27. The fourth-order valence-electron chi connectivity index (χ4n) is 3.41. The number of nitrogens with zero attached hydrogens (tertiary/aromatic N) is 3. The fourth-order valence-corrected chi connectivity index (χ4v) is 3.76. The second kappa shape index (κ2) is 6.80. The summed E-state index contributed by atoms with van der Waals surface area (Å²) in [6.45, 7) is 0. The SMILES string of the molecule is COc1ccc(N2C(=S)N[C@H](c3ccccn3)[C@@H]2c2ccn(C)c2)cc1. The normalized spacial score (nSPS) is 19.5. The highest BCUT2D eigenvalue weighted by Gasteiger charge is 2.40. The summed E-state index contributed by atoms with van der Waals surface area (Å²) in [4.78, 5) is 6.71. The molecule has 5 nitrogen and oxygen atoms in total. The van der Waals surface area contributed by atoms with Crippen LogP contribution in [0, 0.1) is 0 Å². The minimum atomic E-state index is -0.0202. The van der Waals surface area contributed by atoms with E-state index >= 15 is 0 Å². The third-order valence-corrected chi connectivity index (χ3v) is 4.96. The van der Waals surface area contributed by atoms with E-state index in [0.717, 1.165) is 17.1 Å². The van der Waals surface area contributed by atoms with Crippen molar-refractivity contribution in [3.63, 3.8) is 0 Å². The Bertz CT molecular complexity index is 907. The van der Waals surface area contributed by atoms with Gasteiger partial charge in [0, 0.05) is 31.3 Å². The molecule has 4 rings (SSSR count). The lowest BCUT2D eigenvalue weighted by molar-refractivity contribution is 0.415. The van der Waals surface area contributed by atoms with Gasteiger partial charge in [0.1, 0.15) is 5.75 Å². The Morgan fingerprint density at radius 1 is 1.12 bits per heavy atom. The first-order valence-corrected chi connectivity index (χ1v) is 8.85. The molecule has 1 N–H and O–H groups in total. The number of hydrogen-bond acceptors (Lipinski definition) is 3. The van der Waals surface area contributed by atoms with Crippen molar-refractivity contribution in [3.05, 3.63) is 78.4 Å². The van der Waals surface area contributed by atoms with Crippen molar-refractivity contribution in [3.8, 4) is 5.75 Å². The predicted octanol–water partition coefficient (Wildman–Crippen LogP) is 3.61. The zero-order valence-electron chi connectivity index (χ0n) is 14.7. The van der Waals surface area contributed by atoms with Gasteiger partial charge < -0.3 is 19.5 Å². The standard InChI is InChI=1S/C20H20N4OS/c1-23-12-10-14(13-23)19-18(17-5-3-4-11-21-17)22-20(26)24(19)15-6-8-16(25-2)9-7-15/h3-13,18-19H,1-2H3,(H,22,26)/t18-,19+/m1/s1. The lowest BCUT2D eigenvalue weighted by atomic mass is 9.98. The molecular weight excluding hydrogens is 344 g/mol. The van der Waals surface area contributed by atoms with Crippen LogP contribution in [0.15, 0.2) is 67.1 Å². The number of methoxy groups -OCH3 is 1. The molecule has 1 saturated heterocycles. The minimum Gasteiger partial charge on any atom is -0.497 e. The molecule has 0 amide bonds. The molecule has 1 aliphatic heterocycles. The molecular formula is C20H20N4OS. The maximum atomic E-state index is 5.69. The number of ether oxygens (including phenoxy) is 1. The predicted molar refractivity (Wildman–Crippen MR) is 106 cm³/mol. The molecule has 3 aromatic rings. The van der Waals surface area contributed by atoms with Crippen LogP contribution in [0.5, 0.6) is 5.75 Å². The highest BCUT2D eigenvalue weighted by Crippen LogP contribution is 2.41. The largest absolute Gasteiger partial charge is 0.497 e. The van der Waals surface area contributed by atoms with Crippen LogP contribution in [-0.2, 0) is 7.05 Å². The van der Waals surface area contributed by atoms with Crippen molar-refractivity contribution < 1.29 is 4.74 Å². The highest BCUT2D eigenvalue weighted by atomic mass is 32.1. The van der Waals surface area contributed by atoms with Gasteiger partial charge in [-0.15, -0.1) is 0 Å². The van der Waals surface area contributed by atoms with Crippen LogP contribution >= 0.6 is 12.2 Å². The first-order valence-electron chi connectivity index (χ1n) is 8.44. The van der Waals surface area contributed by atoms with Gasteiger partial charge in [0.2, 0.25) is 0 Å². The Morgan fingerprint density at radius 2 is 1.92 bits per heavy atom.